The summed E-state index contributed by atoms with van der Waals surface area (Å²) in [6, 6.07) is 7.83. The van der Waals surface area contributed by atoms with Crippen LogP contribution in [-0.4, -0.2) is 42.4 Å². The molecule has 1 aromatic carbocycles. The SMILES string of the molecule is O=C(Nc1ccc(N2CCOCC2)cc1)c1cn[nH]c1. The lowest BCUT2D eigenvalue weighted by molar-refractivity contribution is 0.102. The minimum Gasteiger partial charge on any atom is -0.378 e. The predicted octanol–water partition coefficient (Wildman–Crippen LogP) is 1.50. The molecular weight excluding hydrogens is 256 g/mol. The first kappa shape index (κ1) is 12.7. The van der Waals surface area contributed by atoms with E-state index in [2.05, 4.69) is 20.4 Å². The summed E-state index contributed by atoms with van der Waals surface area (Å²) in [5.74, 6) is -0.169. The van der Waals surface area contributed by atoms with Crippen molar-refractivity contribution in [3.8, 4) is 0 Å². The summed E-state index contributed by atoms with van der Waals surface area (Å²) < 4.78 is 5.33. The summed E-state index contributed by atoms with van der Waals surface area (Å²) in [4.78, 5) is 14.1. The van der Waals surface area contributed by atoms with Crippen LogP contribution in [0.1, 0.15) is 10.4 Å². The lowest BCUT2D eigenvalue weighted by Crippen LogP contribution is -2.36. The van der Waals surface area contributed by atoms with Crippen molar-refractivity contribution in [2.45, 2.75) is 0 Å². The monoisotopic (exact) mass is 272 g/mol. The summed E-state index contributed by atoms with van der Waals surface area (Å²) in [7, 11) is 0. The number of amides is 1. The Morgan fingerprint density at radius 1 is 1.25 bits per heavy atom. The molecule has 1 fully saturated rings. The van der Waals surface area contributed by atoms with Crippen molar-refractivity contribution in [1.29, 1.82) is 0 Å². The summed E-state index contributed by atoms with van der Waals surface area (Å²) in [5.41, 5.74) is 2.44. The lowest BCUT2D eigenvalue weighted by atomic mass is 10.2. The standard InChI is InChI=1S/C14H16N4O2/c19-14(11-9-15-16-10-11)17-12-1-3-13(4-2-12)18-5-7-20-8-6-18/h1-4,9-10H,5-8H2,(H,15,16)(H,17,19). The van der Waals surface area contributed by atoms with Crippen molar-refractivity contribution in [1.82, 2.24) is 10.2 Å². The van der Waals surface area contributed by atoms with Crippen molar-refractivity contribution in [2.24, 2.45) is 0 Å². The minimum atomic E-state index is -0.169. The second-order valence-corrected chi connectivity index (χ2v) is 4.59. The van der Waals surface area contributed by atoms with E-state index < -0.39 is 0 Å². The Kier molecular flexibility index (Phi) is 3.64. The molecule has 1 aliphatic heterocycles. The molecule has 2 heterocycles. The van der Waals surface area contributed by atoms with Crippen LogP contribution in [-0.2, 0) is 4.74 Å². The number of ether oxygens (including phenoxy) is 1. The normalized spacial score (nSPS) is 15.1. The van der Waals surface area contributed by atoms with Crippen LogP contribution in [0.3, 0.4) is 0 Å². The zero-order chi connectivity index (χ0) is 13.8. The van der Waals surface area contributed by atoms with E-state index in [0.29, 0.717) is 5.56 Å². The van der Waals surface area contributed by atoms with Gasteiger partial charge in [-0.05, 0) is 24.3 Å². The van der Waals surface area contributed by atoms with E-state index in [1.807, 2.05) is 24.3 Å². The van der Waals surface area contributed by atoms with Gasteiger partial charge in [-0.1, -0.05) is 0 Å². The maximum atomic E-state index is 11.9. The Bertz CT molecular complexity index is 559. The first-order valence-corrected chi connectivity index (χ1v) is 6.56. The third-order valence-corrected chi connectivity index (χ3v) is 3.26. The van der Waals surface area contributed by atoms with Gasteiger partial charge in [-0.3, -0.25) is 9.89 Å². The fourth-order valence-electron chi connectivity index (χ4n) is 2.16. The number of H-pyrrole nitrogens is 1. The van der Waals surface area contributed by atoms with Gasteiger partial charge in [-0.2, -0.15) is 5.10 Å². The first-order chi connectivity index (χ1) is 9.83. The molecule has 1 saturated heterocycles. The first-order valence-electron chi connectivity index (χ1n) is 6.56. The third-order valence-electron chi connectivity index (χ3n) is 3.26. The van der Waals surface area contributed by atoms with Crippen molar-refractivity contribution in [2.75, 3.05) is 36.5 Å². The maximum Gasteiger partial charge on any atom is 0.258 e. The second kappa shape index (κ2) is 5.75. The average Bonchev–Trinajstić information content (AvgIpc) is 3.03. The van der Waals surface area contributed by atoms with Gasteiger partial charge in [0, 0.05) is 30.7 Å². The van der Waals surface area contributed by atoms with E-state index in [1.54, 1.807) is 6.20 Å². The Hall–Kier alpha value is -2.34. The quantitative estimate of drug-likeness (QED) is 0.888. The number of hydrogen-bond donors (Lipinski definition) is 2. The molecule has 2 N–H and O–H groups in total. The third kappa shape index (κ3) is 2.80. The Morgan fingerprint density at radius 2 is 2.00 bits per heavy atom. The van der Waals surface area contributed by atoms with Crippen LogP contribution in [0.15, 0.2) is 36.7 Å². The zero-order valence-corrected chi connectivity index (χ0v) is 11.0. The topological polar surface area (TPSA) is 70.2 Å². The predicted molar refractivity (Wildman–Crippen MR) is 76.0 cm³/mol. The molecule has 0 spiro atoms. The number of morpholine rings is 1. The van der Waals surface area contributed by atoms with Gasteiger partial charge in [0.2, 0.25) is 0 Å². The molecule has 104 valence electrons. The Balaban J connectivity index is 1.65. The summed E-state index contributed by atoms with van der Waals surface area (Å²) in [6.45, 7) is 3.33. The average molecular weight is 272 g/mol. The summed E-state index contributed by atoms with van der Waals surface area (Å²) >= 11 is 0. The highest BCUT2D eigenvalue weighted by Crippen LogP contribution is 2.19. The van der Waals surface area contributed by atoms with Gasteiger partial charge in [0.1, 0.15) is 0 Å². The molecule has 1 aliphatic rings. The molecule has 0 aliphatic carbocycles. The van der Waals surface area contributed by atoms with Gasteiger partial charge in [0.25, 0.3) is 5.91 Å². The van der Waals surface area contributed by atoms with Gasteiger partial charge in [-0.25, -0.2) is 0 Å². The van der Waals surface area contributed by atoms with Crippen LogP contribution in [0.4, 0.5) is 11.4 Å². The molecule has 3 rings (SSSR count). The smallest absolute Gasteiger partial charge is 0.258 e. The highest BCUT2D eigenvalue weighted by molar-refractivity contribution is 6.03. The molecule has 0 atom stereocenters. The summed E-state index contributed by atoms with van der Waals surface area (Å²) in [6.07, 6.45) is 3.06. The second-order valence-electron chi connectivity index (χ2n) is 4.59. The highest BCUT2D eigenvalue weighted by Gasteiger charge is 2.11. The van der Waals surface area contributed by atoms with E-state index in [9.17, 15) is 4.79 Å². The number of benzene rings is 1. The van der Waals surface area contributed by atoms with E-state index in [4.69, 9.17) is 4.74 Å². The molecular formula is C14H16N4O2. The molecule has 0 radical (unpaired) electrons. The molecule has 6 heteroatoms. The molecule has 6 nitrogen and oxygen atoms in total. The van der Waals surface area contributed by atoms with Crippen molar-refractivity contribution in [3.63, 3.8) is 0 Å². The minimum absolute atomic E-state index is 0.169. The number of aromatic nitrogens is 2. The number of carbonyl (C=O) groups is 1. The fraction of sp³-hybridized carbons (Fsp3) is 0.286. The Morgan fingerprint density at radius 3 is 2.65 bits per heavy atom. The maximum absolute atomic E-state index is 11.9. The van der Waals surface area contributed by atoms with E-state index in [0.717, 1.165) is 37.7 Å². The number of hydrogen-bond acceptors (Lipinski definition) is 4. The number of aromatic amines is 1. The zero-order valence-electron chi connectivity index (χ0n) is 11.0. The number of carbonyl (C=O) groups excluding carboxylic acids is 1. The van der Waals surface area contributed by atoms with Crippen LogP contribution in [0.2, 0.25) is 0 Å². The van der Waals surface area contributed by atoms with Crippen LogP contribution < -0.4 is 10.2 Å². The fourth-order valence-corrected chi connectivity index (χ4v) is 2.16. The number of nitrogens with one attached hydrogen (secondary N) is 2. The van der Waals surface area contributed by atoms with E-state index in [1.165, 1.54) is 6.20 Å². The van der Waals surface area contributed by atoms with Gasteiger partial charge in [0.05, 0.1) is 25.0 Å². The van der Waals surface area contributed by atoms with Crippen LogP contribution in [0.5, 0.6) is 0 Å². The van der Waals surface area contributed by atoms with Crippen LogP contribution in [0.25, 0.3) is 0 Å². The van der Waals surface area contributed by atoms with Crippen molar-refractivity contribution < 1.29 is 9.53 Å². The molecule has 0 unspecified atom stereocenters. The number of rotatable bonds is 3. The van der Waals surface area contributed by atoms with Gasteiger partial charge in [-0.15, -0.1) is 0 Å². The van der Waals surface area contributed by atoms with Crippen molar-refractivity contribution in [3.05, 3.63) is 42.2 Å². The van der Waals surface area contributed by atoms with E-state index in [-0.39, 0.29) is 5.91 Å². The van der Waals surface area contributed by atoms with Gasteiger partial charge >= 0.3 is 0 Å². The molecule has 1 amide bonds. The van der Waals surface area contributed by atoms with Crippen LogP contribution in [0, 0.1) is 0 Å². The largest absolute Gasteiger partial charge is 0.378 e. The molecule has 1 aromatic heterocycles. The van der Waals surface area contributed by atoms with Crippen molar-refractivity contribution >= 4 is 17.3 Å². The molecule has 0 bridgehead atoms. The van der Waals surface area contributed by atoms with Crippen LogP contribution >= 0.6 is 0 Å². The number of nitrogens with zero attached hydrogens (tertiary/aromatic N) is 2. The number of anilines is 2. The molecule has 20 heavy (non-hydrogen) atoms. The molecule has 2 aromatic rings. The van der Waals surface area contributed by atoms with E-state index >= 15 is 0 Å². The van der Waals surface area contributed by atoms with Gasteiger partial charge in [0.15, 0.2) is 0 Å². The lowest BCUT2D eigenvalue weighted by Gasteiger charge is -2.28. The molecule has 0 saturated carbocycles. The van der Waals surface area contributed by atoms with Gasteiger partial charge < -0.3 is 15.0 Å². The highest BCUT2D eigenvalue weighted by atomic mass is 16.5. The summed E-state index contributed by atoms with van der Waals surface area (Å²) in [5, 5.41) is 9.21. The Labute approximate surface area is 116 Å².